The standard InChI is InChI=1S/C21H29N3O3/c1-14-6-4-8-19(15(14)2)24-13-18(10-20(24)26)21(27)23-9-5-7-17(12-23)11-22-16(3)25/h4,6,8,17-18H,5,7,9-13H2,1-3H3,(H,22,25)/t17-,18+/m0/s1. The number of carbonyl (C=O) groups is 3. The molecule has 2 aliphatic heterocycles. The van der Waals surface area contributed by atoms with Crippen LogP contribution in [0, 0.1) is 25.7 Å². The summed E-state index contributed by atoms with van der Waals surface area (Å²) in [6, 6.07) is 5.94. The minimum absolute atomic E-state index is 0.0221. The fourth-order valence-corrected chi connectivity index (χ4v) is 4.11. The van der Waals surface area contributed by atoms with E-state index in [1.54, 1.807) is 4.90 Å². The number of hydrogen-bond donors (Lipinski definition) is 1. The van der Waals surface area contributed by atoms with Crippen LogP contribution in [0.5, 0.6) is 0 Å². The molecule has 1 aromatic rings. The molecule has 2 aliphatic rings. The first-order chi connectivity index (χ1) is 12.9. The number of rotatable bonds is 4. The van der Waals surface area contributed by atoms with Gasteiger partial charge in [0.15, 0.2) is 0 Å². The normalized spacial score (nSPS) is 22.9. The van der Waals surface area contributed by atoms with E-state index in [1.807, 2.05) is 36.9 Å². The number of anilines is 1. The van der Waals surface area contributed by atoms with Crippen molar-refractivity contribution in [3.63, 3.8) is 0 Å². The van der Waals surface area contributed by atoms with Crippen molar-refractivity contribution >= 4 is 23.4 Å². The van der Waals surface area contributed by atoms with Crippen LogP contribution in [0.1, 0.15) is 37.3 Å². The van der Waals surface area contributed by atoms with Crippen molar-refractivity contribution in [2.45, 2.75) is 40.0 Å². The van der Waals surface area contributed by atoms with Crippen LogP contribution in [0.4, 0.5) is 5.69 Å². The van der Waals surface area contributed by atoms with Gasteiger partial charge in [-0.25, -0.2) is 0 Å². The Morgan fingerprint density at radius 2 is 2.00 bits per heavy atom. The highest BCUT2D eigenvalue weighted by molar-refractivity contribution is 6.01. The lowest BCUT2D eigenvalue weighted by atomic mass is 9.96. The topological polar surface area (TPSA) is 69.7 Å². The van der Waals surface area contributed by atoms with Gasteiger partial charge in [0.2, 0.25) is 17.7 Å². The number of nitrogens with zero attached hydrogens (tertiary/aromatic N) is 2. The highest BCUT2D eigenvalue weighted by Gasteiger charge is 2.38. The lowest BCUT2D eigenvalue weighted by molar-refractivity contribution is -0.137. The molecule has 2 saturated heterocycles. The van der Waals surface area contributed by atoms with Crippen LogP contribution in [0.3, 0.4) is 0 Å². The molecule has 3 rings (SSSR count). The van der Waals surface area contributed by atoms with Crippen molar-refractivity contribution < 1.29 is 14.4 Å². The van der Waals surface area contributed by atoms with E-state index in [4.69, 9.17) is 0 Å². The Labute approximate surface area is 160 Å². The predicted octanol–water partition coefficient (Wildman–Crippen LogP) is 2.03. The van der Waals surface area contributed by atoms with Crippen molar-refractivity contribution in [3.8, 4) is 0 Å². The van der Waals surface area contributed by atoms with Gasteiger partial charge in [0, 0.05) is 45.2 Å². The zero-order chi connectivity index (χ0) is 19.6. The number of amides is 3. The predicted molar refractivity (Wildman–Crippen MR) is 104 cm³/mol. The first-order valence-corrected chi connectivity index (χ1v) is 9.76. The smallest absolute Gasteiger partial charge is 0.228 e. The summed E-state index contributed by atoms with van der Waals surface area (Å²) in [5.41, 5.74) is 3.15. The monoisotopic (exact) mass is 371 g/mol. The highest BCUT2D eigenvalue weighted by atomic mass is 16.2. The van der Waals surface area contributed by atoms with E-state index >= 15 is 0 Å². The van der Waals surface area contributed by atoms with Gasteiger partial charge < -0.3 is 15.1 Å². The van der Waals surface area contributed by atoms with E-state index in [9.17, 15) is 14.4 Å². The summed E-state index contributed by atoms with van der Waals surface area (Å²) in [5.74, 6) is 0.0669. The van der Waals surface area contributed by atoms with E-state index in [1.165, 1.54) is 6.92 Å². The van der Waals surface area contributed by atoms with Crippen molar-refractivity contribution in [2.24, 2.45) is 11.8 Å². The molecular formula is C21H29N3O3. The first kappa shape index (κ1) is 19.4. The van der Waals surface area contributed by atoms with Crippen LogP contribution in [-0.2, 0) is 14.4 Å². The summed E-state index contributed by atoms with van der Waals surface area (Å²) < 4.78 is 0. The molecule has 1 aromatic carbocycles. The van der Waals surface area contributed by atoms with Crippen LogP contribution < -0.4 is 10.2 Å². The number of benzene rings is 1. The van der Waals surface area contributed by atoms with Gasteiger partial charge >= 0.3 is 0 Å². The molecular weight excluding hydrogens is 342 g/mol. The van der Waals surface area contributed by atoms with Gasteiger partial charge in [0.1, 0.15) is 0 Å². The fraction of sp³-hybridized carbons (Fsp3) is 0.571. The third-order valence-electron chi connectivity index (χ3n) is 5.81. The first-order valence-electron chi connectivity index (χ1n) is 9.76. The summed E-state index contributed by atoms with van der Waals surface area (Å²) in [6.07, 6.45) is 2.23. The largest absolute Gasteiger partial charge is 0.356 e. The summed E-state index contributed by atoms with van der Waals surface area (Å²) in [6.45, 7) is 8.02. The van der Waals surface area contributed by atoms with Gasteiger partial charge in [-0.1, -0.05) is 12.1 Å². The Balaban J connectivity index is 1.65. The number of piperidine rings is 1. The van der Waals surface area contributed by atoms with E-state index in [0.717, 1.165) is 36.2 Å². The number of nitrogens with one attached hydrogen (secondary N) is 1. The van der Waals surface area contributed by atoms with Crippen LogP contribution in [-0.4, -0.2) is 48.8 Å². The molecule has 2 fully saturated rings. The molecule has 0 aromatic heterocycles. The Morgan fingerprint density at radius 1 is 1.22 bits per heavy atom. The molecule has 0 unspecified atom stereocenters. The lowest BCUT2D eigenvalue weighted by Gasteiger charge is -2.34. The fourth-order valence-electron chi connectivity index (χ4n) is 4.11. The van der Waals surface area contributed by atoms with E-state index < -0.39 is 0 Å². The van der Waals surface area contributed by atoms with Crippen LogP contribution in [0.15, 0.2) is 18.2 Å². The summed E-state index contributed by atoms with van der Waals surface area (Å²) in [7, 11) is 0. The number of likely N-dealkylation sites (tertiary alicyclic amines) is 1. The highest BCUT2D eigenvalue weighted by Crippen LogP contribution is 2.31. The van der Waals surface area contributed by atoms with Gasteiger partial charge in [-0.05, 0) is 49.8 Å². The Morgan fingerprint density at radius 3 is 2.74 bits per heavy atom. The molecule has 0 radical (unpaired) electrons. The lowest BCUT2D eigenvalue weighted by Crippen LogP contribution is -2.46. The molecule has 0 bridgehead atoms. The second-order valence-electron chi connectivity index (χ2n) is 7.85. The van der Waals surface area contributed by atoms with Crippen LogP contribution in [0.25, 0.3) is 0 Å². The van der Waals surface area contributed by atoms with Gasteiger partial charge in [0.05, 0.1) is 5.92 Å². The van der Waals surface area contributed by atoms with Crippen molar-refractivity contribution in [1.82, 2.24) is 10.2 Å². The van der Waals surface area contributed by atoms with E-state index in [0.29, 0.717) is 25.6 Å². The van der Waals surface area contributed by atoms with Crippen molar-refractivity contribution in [2.75, 3.05) is 31.1 Å². The third-order valence-corrected chi connectivity index (χ3v) is 5.81. The zero-order valence-corrected chi connectivity index (χ0v) is 16.5. The minimum atomic E-state index is -0.281. The van der Waals surface area contributed by atoms with Crippen molar-refractivity contribution in [1.29, 1.82) is 0 Å². The van der Waals surface area contributed by atoms with Crippen LogP contribution in [0.2, 0.25) is 0 Å². The summed E-state index contributed by atoms with van der Waals surface area (Å²) in [5, 5.41) is 2.85. The van der Waals surface area contributed by atoms with Gasteiger partial charge in [-0.2, -0.15) is 0 Å². The maximum absolute atomic E-state index is 13.0. The van der Waals surface area contributed by atoms with Gasteiger partial charge in [-0.3, -0.25) is 14.4 Å². The molecule has 27 heavy (non-hydrogen) atoms. The Bertz CT molecular complexity index is 746. The average Bonchev–Trinajstić information content (AvgIpc) is 3.03. The molecule has 3 amide bonds. The maximum Gasteiger partial charge on any atom is 0.228 e. The van der Waals surface area contributed by atoms with Gasteiger partial charge in [-0.15, -0.1) is 0 Å². The maximum atomic E-state index is 13.0. The van der Waals surface area contributed by atoms with Crippen molar-refractivity contribution in [3.05, 3.63) is 29.3 Å². The second kappa shape index (κ2) is 8.11. The average molecular weight is 371 g/mol. The molecule has 2 heterocycles. The molecule has 0 spiro atoms. The molecule has 0 aliphatic carbocycles. The minimum Gasteiger partial charge on any atom is -0.356 e. The zero-order valence-electron chi connectivity index (χ0n) is 16.5. The SMILES string of the molecule is CC(=O)NC[C@@H]1CCCN(C(=O)[C@@H]2CC(=O)N(c3cccc(C)c3C)C2)C1. The van der Waals surface area contributed by atoms with Gasteiger partial charge in [0.25, 0.3) is 0 Å². The molecule has 146 valence electrons. The van der Waals surface area contributed by atoms with E-state index in [2.05, 4.69) is 5.32 Å². The molecule has 6 nitrogen and oxygen atoms in total. The Hall–Kier alpha value is -2.37. The number of aryl methyl sites for hydroxylation is 1. The number of carbonyl (C=O) groups excluding carboxylic acids is 3. The number of hydrogen-bond acceptors (Lipinski definition) is 3. The molecule has 2 atom stereocenters. The summed E-state index contributed by atoms with van der Waals surface area (Å²) >= 11 is 0. The quantitative estimate of drug-likeness (QED) is 0.880. The van der Waals surface area contributed by atoms with Crippen LogP contribution >= 0.6 is 0 Å². The molecule has 1 N–H and O–H groups in total. The third kappa shape index (κ3) is 4.31. The molecule has 0 saturated carbocycles. The molecule has 6 heteroatoms. The Kier molecular flexibility index (Phi) is 5.82. The van der Waals surface area contributed by atoms with E-state index in [-0.39, 0.29) is 30.1 Å². The second-order valence-corrected chi connectivity index (χ2v) is 7.85. The summed E-state index contributed by atoms with van der Waals surface area (Å²) in [4.78, 5) is 40.4.